The molecule has 6 heteroatoms. The molecule has 1 aliphatic heterocycles. The van der Waals surface area contributed by atoms with Gasteiger partial charge in [0.25, 0.3) is 5.91 Å². The number of carbonyl (C=O) groups excluding carboxylic acids is 1. The molecule has 1 atom stereocenters. The summed E-state index contributed by atoms with van der Waals surface area (Å²) in [5.41, 5.74) is 6.15. The second-order valence-electron chi connectivity index (χ2n) is 4.90. The number of amidine groups is 1. The van der Waals surface area contributed by atoms with E-state index in [-0.39, 0.29) is 11.9 Å². The van der Waals surface area contributed by atoms with Crippen LogP contribution in [-0.2, 0) is 4.79 Å². The molecule has 0 aromatic heterocycles. The molecule has 0 spiro atoms. The predicted molar refractivity (Wildman–Crippen MR) is 77.5 cm³/mol. The number of rotatable bonds is 3. The van der Waals surface area contributed by atoms with Crippen molar-refractivity contribution in [1.82, 2.24) is 10.9 Å². The van der Waals surface area contributed by atoms with Crippen LogP contribution in [0.4, 0.5) is 0 Å². The van der Waals surface area contributed by atoms with Crippen molar-refractivity contribution in [2.24, 2.45) is 10.9 Å². The average Bonchev–Trinajstić information content (AvgIpc) is 2.30. The minimum Gasteiger partial charge on any atom is -0.282 e. The maximum atomic E-state index is 11.7. The Hall–Kier alpha value is -1.26. The normalized spacial score (nSPS) is 18.9. The van der Waals surface area contributed by atoms with Crippen molar-refractivity contribution < 1.29 is 4.79 Å². The smallest absolute Gasteiger partial charge is 0.263 e. The summed E-state index contributed by atoms with van der Waals surface area (Å²) in [6, 6.07) is 4.78. The molecule has 19 heavy (non-hydrogen) atoms. The first-order valence-corrected chi connectivity index (χ1v) is 6.81. The van der Waals surface area contributed by atoms with E-state index >= 15 is 0 Å². The molecule has 4 nitrogen and oxygen atoms in total. The summed E-state index contributed by atoms with van der Waals surface area (Å²) < 4.78 is 0. The van der Waals surface area contributed by atoms with Gasteiger partial charge in [-0.15, -0.1) is 0 Å². The Balaban J connectivity index is 2.30. The van der Waals surface area contributed by atoms with Crippen molar-refractivity contribution in [2.75, 3.05) is 0 Å². The zero-order valence-electron chi connectivity index (χ0n) is 10.7. The van der Waals surface area contributed by atoms with Gasteiger partial charge < -0.3 is 0 Å². The van der Waals surface area contributed by atoms with E-state index in [1.165, 1.54) is 0 Å². The lowest BCUT2D eigenvalue weighted by molar-refractivity contribution is -0.123. The molecule has 1 aromatic rings. The van der Waals surface area contributed by atoms with Crippen LogP contribution in [0.5, 0.6) is 0 Å². The zero-order valence-corrected chi connectivity index (χ0v) is 12.2. The average molecular weight is 300 g/mol. The van der Waals surface area contributed by atoms with Crippen LogP contribution in [0.3, 0.4) is 0 Å². The highest BCUT2D eigenvalue weighted by molar-refractivity contribution is 6.35. The van der Waals surface area contributed by atoms with Gasteiger partial charge in [0.15, 0.2) is 0 Å². The number of nitrogens with one attached hydrogen (secondary N) is 2. The van der Waals surface area contributed by atoms with Crippen LogP contribution in [0.25, 0.3) is 0 Å². The molecule has 1 unspecified atom stereocenters. The van der Waals surface area contributed by atoms with E-state index in [0.29, 0.717) is 28.2 Å². The summed E-state index contributed by atoms with van der Waals surface area (Å²) in [5, 5.41) is 1.06. The maximum absolute atomic E-state index is 11.7. The second kappa shape index (κ2) is 5.80. The van der Waals surface area contributed by atoms with Gasteiger partial charge in [-0.05, 0) is 30.5 Å². The standard InChI is InChI=1S/C13H15Cl2N3O/c1-7(2)3-11-13(19)18-17-12(16-11)8-4-9(14)6-10(15)5-8/h4-7,11H,3H2,1-2H3,(H,16,17)(H,18,19). The van der Waals surface area contributed by atoms with Crippen LogP contribution in [-0.4, -0.2) is 17.8 Å². The lowest BCUT2D eigenvalue weighted by atomic mass is 10.0. The molecule has 102 valence electrons. The quantitative estimate of drug-likeness (QED) is 0.902. The minimum absolute atomic E-state index is 0.120. The highest BCUT2D eigenvalue weighted by atomic mass is 35.5. The maximum Gasteiger partial charge on any atom is 0.263 e. The molecule has 1 aromatic carbocycles. The van der Waals surface area contributed by atoms with Crippen LogP contribution in [0.2, 0.25) is 10.0 Å². The van der Waals surface area contributed by atoms with E-state index in [1.807, 2.05) is 0 Å². The Labute approximate surface area is 122 Å². The Morgan fingerprint density at radius 1 is 1.21 bits per heavy atom. The molecule has 0 radical (unpaired) electrons. The molecule has 0 aliphatic carbocycles. The number of aliphatic imine (C=N–C) groups is 1. The third kappa shape index (κ3) is 3.61. The number of hydrogen-bond donors (Lipinski definition) is 2. The van der Waals surface area contributed by atoms with Crippen molar-refractivity contribution in [3.05, 3.63) is 33.8 Å². The van der Waals surface area contributed by atoms with Crippen LogP contribution in [0.15, 0.2) is 23.2 Å². The minimum atomic E-state index is -0.381. The van der Waals surface area contributed by atoms with Crippen molar-refractivity contribution in [2.45, 2.75) is 26.3 Å². The summed E-state index contributed by atoms with van der Waals surface area (Å²) in [5.74, 6) is 0.849. The van der Waals surface area contributed by atoms with Crippen molar-refractivity contribution in [3.8, 4) is 0 Å². The fourth-order valence-electron chi connectivity index (χ4n) is 1.89. The first-order valence-electron chi connectivity index (χ1n) is 6.06. The number of carbonyl (C=O) groups is 1. The first-order chi connectivity index (χ1) is 8.95. The third-order valence-corrected chi connectivity index (χ3v) is 3.16. The molecule has 0 saturated carbocycles. The van der Waals surface area contributed by atoms with E-state index in [9.17, 15) is 4.79 Å². The monoisotopic (exact) mass is 299 g/mol. The Bertz CT molecular complexity index is 508. The topological polar surface area (TPSA) is 53.5 Å². The fraction of sp³-hybridized carbons (Fsp3) is 0.385. The summed E-state index contributed by atoms with van der Waals surface area (Å²) in [6.07, 6.45) is 0.700. The molecule has 1 amide bonds. The number of amides is 1. The van der Waals surface area contributed by atoms with Gasteiger partial charge in [0.05, 0.1) is 0 Å². The lowest BCUT2D eigenvalue weighted by Gasteiger charge is -2.23. The van der Waals surface area contributed by atoms with Gasteiger partial charge in [-0.2, -0.15) is 0 Å². The third-order valence-electron chi connectivity index (χ3n) is 2.72. The summed E-state index contributed by atoms with van der Waals surface area (Å²) >= 11 is 11.9. The zero-order chi connectivity index (χ0) is 14.0. The van der Waals surface area contributed by atoms with Gasteiger partial charge in [-0.1, -0.05) is 37.0 Å². The number of nitrogens with zero attached hydrogens (tertiary/aromatic N) is 1. The molecule has 0 fully saturated rings. The van der Waals surface area contributed by atoms with Gasteiger partial charge in [0.1, 0.15) is 11.9 Å². The molecule has 0 bridgehead atoms. The number of halogens is 2. The van der Waals surface area contributed by atoms with E-state index in [4.69, 9.17) is 23.2 Å². The molecular formula is C13H15Cl2N3O. The largest absolute Gasteiger partial charge is 0.282 e. The molecule has 0 saturated heterocycles. The van der Waals surface area contributed by atoms with Crippen LogP contribution in [0, 0.1) is 5.92 Å². The molecular weight excluding hydrogens is 285 g/mol. The van der Waals surface area contributed by atoms with Gasteiger partial charge in [0.2, 0.25) is 0 Å². The second-order valence-corrected chi connectivity index (χ2v) is 5.77. The summed E-state index contributed by atoms with van der Waals surface area (Å²) in [6.45, 7) is 4.11. The highest BCUT2D eigenvalue weighted by Crippen LogP contribution is 2.20. The lowest BCUT2D eigenvalue weighted by Crippen LogP contribution is -2.51. The summed E-state index contributed by atoms with van der Waals surface area (Å²) in [4.78, 5) is 16.1. The van der Waals surface area contributed by atoms with Gasteiger partial charge >= 0.3 is 0 Å². The van der Waals surface area contributed by atoms with E-state index in [0.717, 1.165) is 5.56 Å². The van der Waals surface area contributed by atoms with Gasteiger partial charge in [-0.3, -0.25) is 20.6 Å². The summed E-state index contributed by atoms with van der Waals surface area (Å²) in [7, 11) is 0. The van der Waals surface area contributed by atoms with Crippen LogP contribution < -0.4 is 10.9 Å². The van der Waals surface area contributed by atoms with E-state index < -0.39 is 0 Å². The molecule has 2 N–H and O–H groups in total. The van der Waals surface area contributed by atoms with Crippen LogP contribution >= 0.6 is 23.2 Å². The fourth-order valence-corrected chi connectivity index (χ4v) is 2.42. The predicted octanol–water partition coefficient (Wildman–Crippen LogP) is 2.79. The number of hydrogen-bond acceptors (Lipinski definition) is 3. The van der Waals surface area contributed by atoms with E-state index in [1.54, 1.807) is 18.2 Å². The van der Waals surface area contributed by atoms with Crippen molar-refractivity contribution in [3.63, 3.8) is 0 Å². The molecule has 1 aliphatic rings. The van der Waals surface area contributed by atoms with Crippen molar-refractivity contribution in [1.29, 1.82) is 0 Å². The Kier molecular flexibility index (Phi) is 4.32. The molecule has 2 rings (SSSR count). The van der Waals surface area contributed by atoms with Crippen molar-refractivity contribution >= 4 is 34.9 Å². The molecule has 1 heterocycles. The highest BCUT2D eigenvalue weighted by Gasteiger charge is 2.24. The number of hydrazine groups is 1. The van der Waals surface area contributed by atoms with Crippen LogP contribution in [0.1, 0.15) is 25.8 Å². The Morgan fingerprint density at radius 3 is 2.42 bits per heavy atom. The first kappa shape index (κ1) is 14.2. The number of benzene rings is 1. The Morgan fingerprint density at radius 2 is 1.84 bits per heavy atom. The SMILES string of the molecule is CC(C)CC1N=C(c2cc(Cl)cc(Cl)c2)NNC1=O. The van der Waals surface area contributed by atoms with Gasteiger partial charge in [-0.25, -0.2) is 0 Å². The van der Waals surface area contributed by atoms with E-state index in [2.05, 4.69) is 29.7 Å². The van der Waals surface area contributed by atoms with Gasteiger partial charge in [0, 0.05) is 15.6 Å².